The Morgan fingerprint density at radius 3 is 2.19 bits per heavy atom. The molecule has 6 rings (SSSR count). The maximum Gasteiger partial charge on any atom is 0.410 e. The first-order valence-corrected chi connectivity index (χ1v) is 19.0. The Bertz CT molecular complexity index is 1690. The van der Waals surface area contributed by atoms with Crippen molar-refractivity contribution >= 4 is 29.5 Å². The average Bonchev–Trinajstić information content (AvgIpc) is 3.34. The van der Waals surface area contributed by atoms with Gasteiger partial charge in [-0.05, 0) is 80.3 Å². The normalized spacial score (nSPS) is 20.1. The van der Waals surface area contributed by atoms with E-state index in [-0.39, 0.29) is 42.7 Å². The van der Waals surface area contributed by atoms with Gasteiger partial charge in [0, 0.05) is 83.1 Å². The highest BCUT2D eigenvalue weighted by molar-refractivity contribution is 5.91. The number of fused-ring (bicyclic) bond motifs is 1. The Morgan fingerprint density at radius 1 is 0.926 bits per heavy atom. The molecule has 292 valence electrons. The van der Waals surface area contributed by atoms with Crippen LogP contribution >= 0.6 is 0 Å². The summed E-state index contributed by atoms with van der Waals surface area (Å²) in [6.45, 7) is 10.9. The van der Waals surface area contributed by atoms with Crippen LogP contribution in [0.25, 0.3) is 0 Å². The number of carbonyl (C=O) groups is 4. The molecule has 12 nitrogen and oxygen atoms in total. The molecule has 0 unspecified atom stereocenters. The van der Waals surface area contributed by atoms with E-state index in [4.69, 9.17) is 4.74 Å². The van der Waals surface area contributed by atoms with E-state index in [1.807, 2.05) is 41.3 Å². The Morgan fingerprint density at radius 2 is 1.54 bits per heavy atom. The van der Waals surface area contributed by atoms with Crippen molar-refractivity contribution in [2.45, 2.75) is 76.5 Å². The summed E-state index contributed by atoms with van der Waals surface area (Å²) in [6, 6.07) is 11.4. The number of carbonyl (C=O) groups excluding carboxylic acids is 4. The summed E-state index contributed by atoms with van der Waals surface area (Å²) >= 11 is 0. The molecule has 4 aliphatic heterocycles. The fraction of sp³-hybridized carbons (Fsp3) is 0.550. The number of allylic oxidation sites excluding steroid dienone is 1. The predicted molar refractivity (Wildman–Crippen MR) is 200 cm³/mol. The number of piperazine rings is 1. The van der Waals surface area contributed by atoms with Gasteiger partial charge < -0.3 is 29.9 Å². The number of hydrogen-bond donors (Lipinski definition) is 2. The Hall–Kier alpha value is -4.56. The predicted octanol–water partition coefficient (Wildman–Crippen LogP) is 4.61. The summed E-state index contributed by atoms with van der Waals surface area (Å²) in [5.74, 6) is -4.76. The third-order valence-corrected chi connectivity index (χ3v) is 11.5. The first-order valence-electron chi connectivity index (χ1n) is 19.0. The van der Waals surface area contributed by atoms with Crippen LogP contribution < -0.4 is 5.32 Å². The fourth-order valence-corrected chi connectivity index (χ4v) is 8.22. The van der Waals surface area contributed by atoms with Crippen LogP contribution in [-0.4, -0.2) is 143 Å². The maximum absolute atomic E-state index is 14.1. The molecule has 14 heteroatoms. The van der Waals surface area contributed by atoms with Crippen LogP contribution in [0.4, 0.5) is 24.1 Å². The zero-order valence-corrected chi connectivity index (χ0v) is 31.3. The first-order chi connectivity index (χ1) is 25.8. The van der Waals surface area contributed by atoms with Gasteiger partial charge in [0.05, 0.1) is 6.54 Å². The van der Waals surface area contributed by atoms with Crippen LogP contribution in [0.1, 0.15) is 47.9 Å². The van der Waals surface area contributed by atoms with Gasteiger partial charge in [-0.3, -0.25) is 19.4 Å². The van der Waals surface area contributed by atoms with Crippen LogP contribution in [0.5, 0.6) is 5.75 Å². The van der Waals surface area contributed by atoms with Crippen LogP contribution in [0.2, 0.25) is 0 Å². The van der Waals surface area contributed by atoms with Gasteiger partial charge in [0.15, 0.2) is 6.10 Å². The topological polar surface area (TPSA) is 126 Å². The number of rotatable bonds is 10. The summed E-state index contributed by atoms with van der Waals surface area (Å²) in [6.07, 6.45) is 2.25. The molecule has 1 atom stereocenters. The number of urea groups is 1. The molecule has 4 amide bonds. The summed E-state index contributed by atoms with van der Waals surface area (Å²) < 4.78 is 33.5. The number of alkyl halides is 2. The minimum absolute atomic E-state index is 0.0301. The molecule has 4 aliphatic rings. The monoisotopic (exact) mass is 750 g/mol. The number of phenolic OH excluding ortho intramolecular Hbond substituents is 1. The standard InChI is InChI=1S/C40H52F2N6O6/c1-4-40(41,42)35(49)26-44-19-21-45(22-20-44)31-10-14-46(15-11-31)37(51)34(25-29-23-27(2)36(50)28(3)24-29)54-39(53)47-16-12-32(13-17-47)48-18-9-30-7-5-6-8-33(30)43-38(48)52/h4-8,23-24,31-32,34,50H,1,9-22,25-26H2,2-3H3,(H,43,52)/t34-/m1/s1. The van der Waals surface area contributed by atoms with Crippen molar-refractivity contribution < 1.29 is 37.8 Å². The van der Waals surface area contributed by atoms with E-state index in [2.05, 4.69) is 16.8 Å². The first kappa shape index (κ1) is 39.1. The molecule has 54 heavy (non-hydrogen) atoms. The quantitative estimate of drug-likeness (QED) is 0.338. The number of para-hydroxylation sites is 1. The fourth-order valence-electron chi connectivity index (χ4n) is 8.22. The molecular formula is C40H52F2N6O6. The number of halogens is 2. The summed E-state index contributed by atoms with van der Waals surface area (Å²) in [5, 5.41) is 13.4. The molecule has 2 aromatic rings. The van der Waals surface area contributed by atoms with Gasteiger partial charge in [0.2, 0.25) is 5.78 Å². The summed E-state index contributed by atoms with van der Waals surface area (Å²) in [7, 11) is 0. The van der Waals surface area contributed by atoms with E-state index < -0.39 is 23.9 Å². The third kappa shape index (κ3) is 9.03. The van der Waals surface area contributed by atoms with E-state index in [9.17, 15) is 33.1 Å². The molecule has 0 aromatic heterocycles. The van der Waals surface area contributed by atoms with Gasteiger partial charge >= 0.3 is 18.0 Å². The van der Waals surface area contributed by atoms with E-state index in [0.717, 1.165) is 23.2 Å². The molecule has 0 aliphatic carbocycles. The molecule has 2 N–H and O–H groups in total. The summed E-state index contributed by atoms with van der Waals surface area (Å²) in [4.78, 5) is 62.2. The average molecular weight is 751 g/mol. The number of amides is 4. The van der Waals surface area contributed by atoms with Crippen molar-refractivity contribution in [1.29, 1.82) is 0 Å². The number of aromatic hydroxyl groups is 1. The molecule has 2 aromatic carbocycles. The number of Topliss-reactive ketones (excluding diaryl/α,β-unsaturated/α-hetero) is 1. The number of hydrogen-bond acceptors (Lipinski definition) is 8. The van der Waals surface area contributed by atoms with Gasteiger partial charge in [-0.1, -0.05) is 36.9 Å². The van der Waals surface area contributed by atoms with Crippen molar-refractivity contribution in [2.24, 2.45) is 0 Å². The molecule has 0 bridgehead atoms. The van der Waals surface area contributed by atoms with Crippen molar-refractivity contribution in [3.8, 4) is 5.75 Å². The van der Waals surface area contributed by atoms with Gasteiger partial charge in [0.25, 0.3) is 5.91 Å². The molecule has 0 radical (unpaired) electrons. The number of aryl methyl sites for hydroxylation is 2. The van der Waals surface area contributed by atoms with Gasteiger partial charge in [-0.2, -0.15) is 8.78 Å². The van der Waals surface area contributed by atoms with Crippen LogP contribution in [0.3, 0.4) is 0 Å². The second kappa shape index (κ2) is 16.8. The van der Waals surface area contributed by atoms with Crippen molar-refractivity contribution in [3.05, 3.63) is 71.3 Å². The molecule has 0 saturated carbocycles. The smallest absolute Gasteiger partial charge is 0.410 e. The molecular weight excluding hydrogens is 698 g/mol. The van der Waals surface area contributed by atoms with Crippen molar-refractivity contribution in [1.82, 2.24) is 24.5 Å². The van der Waals surface area contributed by atoms with E-state index in [1.54, 1.807) is 28.5 Å². The number of ether oxygens (including phenoxy) is 1. The molecule has 0 spiro atoms. The number of ketones is 1. The van der Waals surface area contributed by atoms with Gasteiger partial charge in [-0.25, -0.2) is 9.59 Å². The molecule has 4 heterocycles. The van der Waals surface area contributed by atoms with Crippen LogP contribution in [-0.2, 0) is 27.2 Å². The summed E-state index contributed by atoms with van der Waals surface area (Å²) in [5.41, 5.74) is 4.04. The largest absolute Gasteiger partial charge is 0.507 e. The minimum atomic E-state index is -3.53. The minimum Gasteiger partial charge on any atom is -0.507 e. The zero-order chi connectivity index (χ0) is 38.6. The number of nitrogens with one attached hydrogen (secondary N) is 1. The second-order valence-corrected chi connectivity index (χ2v) is 15.0. The Kier molecular flexibility index (Phi) is 12.2. The molecule has 3 saturated heterocycles. The Labute approximate surface area is 315 Å². The SMILES string of the molecule is C=CC(F)(F)C(=O)CN1CCN(C2CCN(C(=O)[C@@H](Cc3cc(C)c(O)c(C)c3)OC(=O)N3CCC(N4CCc5ccccc5NC4=O)CC3)CC2)CC1. The van der Waals surface area contributed by atoms with Gasteiger partial charge in [0.1, 0.15) is 5.75 Å². The lowest BCUT2D eigenvalue weighted by molar-refractivity contribution is -0.142. The highest BCUT2D eigenvalue weighted by Crippen LogP contribution is 2.28. The number of piperidine rings is 2. The van der Waals surface area contributed by atoms with Crippen molar-refractivity contribution in [3.63, 3.8) is 0 Å². The van der Waals surface area contributed by atoms with Crippen LogP contribution in [0, 0.1) is 13.8 Å². The van der Waals surface area contributed by atoms with Crippen LogP contribution in [0.15, 0.2) is 49.1 Å². The third-order valence-electron chi connectivity index (χ3n) is 11.5. The van der Waals surface area contributed by atoms with E-state index in [1.165, 1.54) is 0 Å². The highest BCUT2D eigenvalue weighted by Gasteiger charge is 2.38. The number of phenols is 1. The lowest BCUT2D eigenvalue weighted by atomic mass is 9.98. The van der Waals surface area contributed by atoms with Gasteiger partial charge in [-0.15, -0.1) is 0 Å². The van der Waals surface area contributed by atoms with E-state index >= 15 is 0 Å². The number of anilines is 1. The second-order valence-electron chi connectivity index (χ2n) is 15.0. The number of nitrogens with zero attached hydrogens (tertiary/aromatic N) is 5. The highest BCUT2D eigenvalue weighted by atomic mass is 19.3. The number of benzene rings is 2. The zero-order valence-electron chi connectivity index (χ0n) is 31.3. The van der Waals surface area contributed by atoms with Crippen molar-refractivity contribution in [2.75, 3.05) is 70.8 Å². The maximum atomic E-state index is 14.1. The lowest BCUT2D eigenvalue weighted by Crippen LogP contribution is -2.56. The Balaban J connectivity index is 1.04. The lowest BCUT2D eigenvalue weighted by Gasteiger charge is -2.43. The van der Waals surface area contributed by atoms with E-state index in [0.29, 0.717) is 102 Å². The molecule has 3 fully saturated rings. The number of likely N-dealkylation sites (tertiary alicyclic amines) is 2.